The zero-order valence-electron chi connectivity index (χ0n) is 12.5. The van der Waals surface area contributed by atoms with Crippen LogP contribution in [0, 0.1) is 5.41 Å². The van der Waals surface area contributed by atoms with Crippen molar-refractivity contribution in [1.29, 1.82) is 0 Å². The van der Waals surface area contributed by atoms with Gasteiger partial charge in [0.2, 0.25) is 11.8 Å². The molecule has 112 valence electrons. The van der Waals surface area contributed by atoms with Gasteiger partial charge in [-0.1, -0.05) is 30.3 Å². The number of amides is 2. The molecule has 1 aromatic carbocycles. The van der Waals surface area contributed by atoms with Gasteiger partial charge in [0, 0.05) is 12.8 Å². The third-order valence-corrected chi connectivity index (χ3v) is 4.89. The molecular weight excluding hydrogens is 264 g/mol. The molecule has 1 spiro atoms. The van der Waals surface area contributed by atoms with E-state index in [0.29, 0.717) is 19.4 Å². The Hall–Kier alpha value is -1.68. The molecule has 0 aromatic heterocycles. The first kappa shape index (κ1) is 14.3. The number of rotatable bonds is 2. The molecule has 0 aliphatic carbocycles. The van der Waals surface area contributed by atoms with Crippen LogP contribution in [0.15, 0.2) is 30.3 Å². The highest BCUT2D eigenvalue weighted by Gasteiger charge is 2.44. The van der Waals surface area contributed by atoms with Gasteiger partial charge in [0.1, 0.15) is 0 Å². The van der Waals surface area contributed by atoms with E-state index < -0.39 is 0 Å². The van der Waals surface area contributed by atoms with Crippen LogP contribution in [0.4, 0.5) is 0 Å². The second-order valence-corrected chi connectivity index (χ2v) is 6.52. The van der Waals surface area contributed by atoms with E-state index in [-0.39, 0.29) is 17.2 Å². The third-order valence-electron chi connectivity index (χ3n) is 4.89. The summed E-state index contributed by atoms with van der Waals surface area (Å²) in [5, 5.41) is 0. The number of imide groups is 1. The Labute approximate surface area is 125 Å². The van der Waals surface area contributed by atoms with Crippen LogP contribution in [-0.4, -0.2) is 41.8 Å². The topological polar surface area (TPSA) is 40.6 Å². The largest absolute Gasteiger partial charge is 0.306 e. The van der Waals surface area contributed by atoms with Gasteiger partial charge in [0.15, 0.2) is 0 Å². The smallest absolute Gasteiger partial charge is 0.230 e. The van der Waals surface area contributed by atoms with Crippen LogP contribution in [0.5, 0.6) is 0 Å². The highest BCUT2D eigenvalue weighted by atomic mass is 16.2. The molecule has 3 rings (SSSR count). The van der Waals surface area contributed by atoms with Crippen molar-refractivity contribution in [1.82, 2.24) is 9.80 Å². The predicted octanol–water partition coefficient (Wildman–Crippen LogP) is 2.05. The summed E-state index contributed by atoms with van der Waals surface area (Å²) in [4.78, 5) is 28.6. The average molecular weight is 286 g/mol. The average Bonchev–Trinajstić information content (AvgIpc) is 2.48. The van der Waals surface area contributed by atoms with Crippen LogP contribution < -0.4 is 0 Å². The second-order valence-electron chi connectivity index (χ2n) is 6.52. The second kappa shape index (κ2) is 5.60. The van der Waals surface area contributed by atoms with Crippen LogP contribution in [0.2, 0.25) is 0 Å². The summed E-state index contributed by atoms with van der Waals surface area (Å²) >= 11 is 0. The molecule has 0 N–H and O–H groups in total. The maximum Gasteiger partial charge on any atom is 0.230 e. The van der Waals surface area contributed by atoms with Crippen LogP contribution in [0.3, 0.4) is 0 Å². The zero-order valence-corrected chi connectivity index (χ0v) is 12.5. The summed E-state index contributed by atoms with van der Waals surface area (Å²) in [6.45, 7) is 2.38. The lowest BCUT2D eigenvalue weighted by molar-refractivity contribution is -0.155. The quantitative estimate of drug-likeness (QED) is 0.781. The van der Waals surface area contributed by atoms with Crippen molar-refractivity contribution < 1.29 is 9.59 Å². The van der Waals surface area contributed by atoms with Crippen molar-refractivity contribution in [2.45, 2.75) is 32.2 Å². The van der Waals surface area contributed by atoms with Crippen LogP contribution in [-0.2, 0) is 16.1 Å². The van der Waals surface area contributed by atoms with E-state index in [2.05, 4.69) is 11.9 Å². The van der Waals surface area contributed by atoms with E-state index >= 15 is 0 Å². The van der Waals surface area contributed by atoms with Crippen LogP contribution in [0.1, 0.15) is 31.2 Å². The van der Waals surface area contributed by atoms with Crippen molar-refractivity contribution in [3.8, 4) is 0 Å². The Morgan fingerprint density at radius 3 is 2.14 bits per heavy atom. The molecule has 2 aliphatic rings. The molecule has 0 saturated carbocycles. The number of carbonyl (C=O) groups excluding carboxylic acids is 2. The molecule has 0 bridgehead atoms. The predicted molar refractivity (Wildman–Crippen MR) is 80.4 cm³/mol. The number of nitrogens with zero attached hydrogens (tertiary/aromatic N) is 2. The van der Waals surface area contributed by atoms with Gasteiger partial charge in [-0.15, -0.1) is 0 Å². The number of carbonyl (C=O) groups is 2. The SMILES string of the molecule is CN1CCC2(CC1)CC(=O)N(Cc1ccccc1)C(=O)C2. The summed E-state index contributed by atoms with van der Waals surface area (Å²) in [5.41, 5.74) is 0.937. The summed E-state index contributed by atoms with van der Waals surface area (Å²) in [6.07, 6.45) is 2.97. The molecule has 0 unspecified atom stereocenters. The van der Waals surface area contributed by atoms with Gasteiger partial charge < -0.3 is 4.90 Å². The zero-order chi connectivity index (χ0) is 14.9. The molecule has 2 amide bonds. The third kappa shape index (κ3) is 3.00. The first-order valence-corrected chi connectivity index (χ1v) is 7.64. The van der Waals surface area contributed by atoms with Gasteiger partial charge >= 0.3 is 0 Å². The fourth-order valence-corrected chi connectivity index (χ4v) is 3.42. The van der Waals surface area contributed by atoms with Crippen molar-refractivity contribution in [3.05, 3.63) is 35.9 Å². The molecule has 4 nitrogen and oxygen atoms in total. The van der Waals surface area contributed by atoms with Crippen molar-refractivity contribution in [2.75, 3.05) is 20.1 Å². The maximum atomic E-state index is 12.5. The normalized spacial score (nSPS) is 22.8. The van der Waals surface area contributed by atoms with Gasteiger partial charge in [-0.3, -0.25) is 14.5 Å². The van der Waals surface area contributed by atoms with Gasteiger partial charge in [-0.2, -0.15) is 0 Å². The van der Waals surface area contributed by atoms with E-state index in [1.807, 2.05) is 30.3 Å². The minimum atomic E-state index is -0.0755. The minimum Gasteiger partial charge on any atom is -0.306 e. The van der Waals surface area contributed by atoms with Crippen LogP contribution in [0.25, 0.3) is 0 Å². The monoisotopic (exact) mass is 286 g/mol. The summed E-state index contributed by atoms with van der Waals surface area (Å²) < 4.78 is 0. The molecule has 0 atom stereocenters. The number of piperidine rings is 2. The molecule has 2 fully saturated rings. The van der Waals surface area contributed by atoms with Gasteiger partial charge in [-0.25, -0.2) is 0 Å². The first-order chi connectivity index (χ1) is 10.1. The Bertz CT molecular complexity index is 513. The van der Waals surface area contributed by atoms with E-state index in [4.69, 9.17) is 0 Å². The Morgan fingerprint density at radius 1 is 1.00 bits per heavy atom. The van der Waals surface area contributed by atoms with E-state index in [9.17, 15) is 9.59 Å². The number of likely N-dealkylation sites (tertiary alicyclic amines) is 2. The summed E-state index contributed by atoms with van der Waals surface area (Å²) in [5.74, 6) is -0.000637. The minimum absolute atomic E-state index is 0.000318. The van der Waals surface area contributed by atoms with E-state index in [1.165, 1.54) is 4.90 Å². The lowest BCUT2D eigenvalue weighted by Crippen LogP contribution is -2.50. The Kier molecular flexibility index (Phi) is 3.81. The van der Waals surface area contributed by atoms with Gasteiger partial charge in [-0.05, 0) is 44.0 Å². The summed E-state index contributed by atoms with van der Waals surface area (Å²) in [6, 6.07) is 9.73. The van der Waals surface area contributed by atoms with Crippen molar-refractivity contribution in [2.24, 2.45) is 5.41 Å². The molecule has 2 saturated heterocycles. The summed E-state index contributed by atoms with van der Waals surface area (Å²) in [7, 11) is 2.10. The maximum absolute atomic E-state index is 12.5. The number of hydrogen-bond acceptors (Lipinski definition) is 3. The lowest BCUT2D eigenvalue weighted by Gasteiger charge is -2.44. The molecule has 21 heavy (non-hydrogen) atoms. The van der Waals surface area contributed by atoms with E-state index in [1.54, 1.807) is 0 Å². The highest BCUT2D eigenvalue weighted by molar-refractivity contribution is 5.98. The molecule has 0 radical (unpaired) electrons. The molecule has 4 heteroatoms. The first-order valence-electron chi connectivity index (χ1n) is 7.64. The highest BCUT2D eigenvalue weighted by Crippen LogP contribution is 2.42. The lowest BCUT2D eigenvalue weighted by atomic mass is 9.70. The van der Waals surface area contributed by atoms with Gasteiger partial charge in [0.25, 0.3) is 0 Å². The van der Waals surface area contributed by atoms with E-state index in [0.717, 1.165) is 31.5 Å². The Balaban J connectivity index is 1.70. The fraction of sp³-hybridized carbons (Fsp3) is 0.529. The number of hydrogen-bond donors (Lipinski definition) is 0. The number of benzene rings is 1. The van der Waals surface area contributed by atoms with Gasteiger partial charge in [0.05, 0.1) is 6.54 Å². The Morgan fingerprint density at radius 2 is 1.57 bits per heavy atom. The van der Waals surface area contributed by atoms with Crippen molar-refractivity contribution in [3.63, 3.8) is 0 Å². The van der Waals surface area contributed by atoms with Crippen LogP contribution >= 0.6 is 0 Å². The molecule has 1 aromatic rings. The molecular formula is C17H22N2O2. The standard InChI is InChI=1S/C17H22N2O2/c1-18-9-7-17(8-10-18)11-15(20)19(16(21)12-17)13-14-5-3-2-4-6-14/h2-6H,7-13H2,1H3. The molecule has 2 heterocycles. The molecule has 2 aliphatic heterocycles. The fourth-order valence-electron chi connectivity index (χ4n) is 3.42. The van der Waals surface area contributed by atoms with Crippen molar-refractivity contribution >= 4 is 11.8 Å².